The van der Waals surface area contributed by atoms with Crippen molar-refractivity contribution in [3.8, 4) is 5.69 Å². The molecule has 13 heteroatoms. The van der Waals surface area contributed by atoms with Gasteiger partial charge in [0.2, 0.25) is 0 Å². The van der Waals surface area contributed by atoms with E-state index in [0.29, 0.717) is 30.2 Å². The zero-order valence-corrected chi connectivity index (χ0v) is 30.1. The second-order valence-corrected chi connectivity index (χ2v) is 12.9. The fourth-order valence-electron chi connectivity index (χ4n) is 6.04. The number of aliphatic hydroxyl groups excluding tert-OH is 2. The molecule has 0 saturated heterocycles. The van der Waals surface area contributed by atoms with Gasteiger partial charge in [-0.15, -0.1) is 0 Å². The average Bonchev–Trinajstić information content (AvgIpc) is 3.55. The number of para-hydroxylation sites is 1. The molecule has 53 heavy (non-hydrogen) atoms. The fourth-order valence-corrected chi connectivity index (χ4v) is 6.04. The number of benzene rings is 3. The first-order valence-corrected chi connectivity index (χ1v) is 17.7. The first-order chi connectivity index (χ1) is 25.5. The molecule has 0 bridgehead atoms. The predicted octanol–water partition coefficient (Wildman–Crippen LogP) is 5.78. The number of carbonyl (C=O) groups is 4. The van der Waals surface area contributed by atoms with E-state index in [4.69, 9.17) is 5.41 Å². The molecule has 5 rings (SSSR count). The molecule has 1 aliphatic heterocycles. The summed E-state index contributed by atoms with van der Waals surface area (Å²) in [6.45, 7) is 7.24. The molecule has 4 aromatic rings. The smallest absolute Gasteiger partial charge is 0.277 e. The van der Waals surface area contributed by atoms with E-state index >= 15 is 0 Å². The molecule has 0 aliphatic carbocycles. The lowest BCUT2D eigenvalue weighted by Gasteiger charge is -2.34. The molecular weight excluding hydrogens is 674 g/mol. The molecule has 0 unspecified atom stereocenters. The Kier molecular flexibility index (Phi) is 12.5. The van der Waals surface area contributed by atoms with Gasteiger partial charge < -0.3 is 30.6 Å². The van der Waals surface area contributed by atoms with Gasteiger partial charge in [0.15, 0.2) is 17.2 Å². The number of carbonyl (C=O) groups excluding carboxylic acids is 4. The Bertz CT molecular complexity index is 2010. The summed E-state index contributed by atoms with van der Waals surface area (Å²) in [4.78, 5) is 56.6. The van der Waals surface area contributed by atoms with E-state index in [9.17, 15) is 29.4 Å². The van der Waals surface area contributed by atoms with Crippen LogP contribution in [0.2, 0.25) is 0 Å². The topological polar surface area (TPSA) is 181 Å². The summed E-state index contributed by atoms with van der Waals surface area (Å²) < 4.78 is 1.50. The number of hydrogen-bond donors (Lipinski definition) is 5. The molecule has 3 aromatic carbocycles. The summed E-state index contributed by atoms with van der Waals surface area (Å²) in [7, 11) is 0. The Morgan fingerprint density at radius 1 is 0.906 bits per heavy atom. The van der Waals surface area contributed by atoms with Gasteiger partial charge in [-0.1, -0.05) is 69.2 Å². The molecule has 1 aromatic heterocycles. The van der Waals surface area contributed by atoms with Gasteiger partial charge >= 0.3 is 0 Å². The second kappa shape index (κ2) is 17.4. The maximum atomic E-state index is 14.4. The highest BCUT2D eigenvalue weighted by Crippen LogP contribution is 2.28. The average molecular weight is 720 g/mol. The van der Waals surface area contributed by atoms with Gasteiger partial charge in [0.25, 0.3) is 23.6 Å². The molecule has 1 atom stereocenters. The molecule has 0 fully saturated rings. The summed E-state index contributed by atoms with van der Waals surface area (Å²) in [5.41, 5.74) is 2.67. The third-order valence-electron chi connectivity index (χ3n) is 8.94. The third kappa shape index (κ3) is 9.24. The highest BCUT2D eigenvalue weighted by molar-refractivity contribution is 6.47. The Labute approximate surface area is 308 Å². The van der Waals surface area contributed by atoms with Crippen molar-refractivity contribution in [2.24, 2.45) is 0 Å². The predicted molar refractivity (Wildman–Crippen MR) is 202 cm³/mol. The van der Waals surface area contributed by atoms with Crippen LogP contribution in [-0.4, -0.2) is 78.5 Å². The highest BCUT2D eigenvalue weighted by atomic mass is 16.3. The van der Waals surface area contributed by atoms with Crippen molar-refractivity contribution >= 4 is 40.7 Å². The van der Waals surface area contributed by atoms with Crippen molar-refractivity contribution < 1.29 is 29.4 Å². The van der Waals surface area contributed by atoms with Crippen molar-refractivity contribution in [1.29, 1.82) is 5.41 Å². The van der Waals surface area contributed by atoms with Crippen LogP contribution in [0, 0.1) is 12.3 Å². The number of rotatable bonds is 14. The number of unbranched alkanes of at least 4 members (excludes halogenated alkanes) is 2. The number of aliphatic hydroxyl groups is 2. The summed E-state index contributed by atoms with van der Waals surface area (Å²) >= 11 is 0. The van der Waals surface area contributed by atoms with Crippen LogP contribution in [0.3, 0.4) is 0 Å². The number of amides is 4. The van der Waals surface area contributed by atoms with Gasteiger partial charge in [0, 0.05) is 49.2 Å². The Morgan fingerprint density at radius 3 is 2.25 bits per heavy atom. The van der Waals surface area contributed by atoms with Crippen molar-refractivity contribution in [2.75, 3.05) is 23.7 Å². The molecule has 276 valence electrons. The van der Waals surface area contributed by atoms with Crippen LogP contribution in [0.5, 0.6) is 0 Å². The molecule has 1 aliphatic rings. The number of anilines is 2. The van der Waals surface area contributed by atoms with E-state index in [1.807, 2.05) is 24.3 Å². The van der Waals surface area contributed by atoms with E-state index in [1.165, 1.54) is 21.7 Å². The van der Waals surface area contributed by atoms with E-state index in [1.54, 1.807) is 54.3 Å². The lowest BCUT2D eigenvalue weighted by atomic mass is 9.97. The van der Waals surface area contributed by atoms with Crippen LogP contribution >= 0.6 is 0 Å². The first-order valence-electron chi connectivity index (χ1n) is 17.7. The molecule has 0 spiro atoms. The number of aromatic nitrogens is 2. The van der Waals surface area contributed by atoms with Crippen molar-refractivity contribution in [3.63, 3.8) is 0 Å². The van der Waals surface area contributed by atoms with Gasteiger partial charge in [0.1, 0.15) is 6.23 Å². The van der Waals surface area contributed by atoms with Crippen molar-refractivity contribution in [1.82, 2.24) is 19.6 Å². The summed E-state index contributed by atoms with van der Waals surface area (Å²) in [6.07, 6.45) is 3.39. The van der Waals surface area contributed by atoms with Crippen LogP contribution < -0.4 is 10.6 Å². The van der Waals surface area contributed by atoms with Gasteiger partial charge in [0.05, 0.1) is 11.3 Å². The van der Waals surface area contributed by atoms with Crippen molar-refractivity contribution in [3.05, 3.63) is 119 Å². The lowest BCUT2D eigenvalue weighted by Crippen LogP contribution is -2.44. The quantitative estimate of drug-likeness (QED) is 0.0622. The number of aryl methyl sites for hydroxylation is 1. The van der Waals surface area contributed by atoms with Crippen molar-refractivity contribution in [2.45, 2.75) is 65.6 Å². The normalized spacial score (nSPS) is 13.9. The van der Waals surface area contributed by atoms with Gasteiger partial charge in [-0.05, 0) is 67.3 Å². The van der Waals surface area contributed by atoms with E-state index in [-0.39, 0.29) is 35.8 Å². The molecule has 5 N–H and O–H groups in total. The Hall–Kier alpha value is -6.08. The summed E-state index contributed by atoms with van der Waals surface area (Å²) in [5.74, 6) is -3.40. The molecule has 0 radical (unpaired) electrons. The zero-order chi connectivity index (χ0) is 38.1. The zero-order valence-electron chi connectivity index (χ0n) is 30.1. The van der Waals surface area contributed by atoms with Gasteiger partial charge in [-0.2, -0.15) is 5.10 Å². The number of fused-ring (bicyclic) bond motifs is 1. The Balaban J connectivity index is 1.46. The SMILES string of the molecule is CCCCN(CCCC)C(=O)c1cc(C)n(-c2ccc(NC(=O)C(=N)/C(O)=C\C(=O)Nc3ccccc3)cc2C(=O)N2Cc3ccccc3C[C@H]2O)n1. The molecular formula is C40H45N7O6. The van der Waals surface area contributed by atoms with Gasteiger partial charge in [-0.25, -0.2) is 4.68 Å². The second-order valence-electron chi connectivity index (χ2n) is 12.9. The minimum atomic E-state index is -1.14. The Morgan fingerprint density at radius 2 is 1.57 bits per heavy atom. The highest BCUT2D eigenvalue weighted by Gasteiger charge is 2.31. The number of nitrogens with zero attached hydrogens (tertiary/aromatic N) is 4. The van der Waals surface area contributed by atoms with Crippen LogP contribution in [0.1, 0.15) is 77.2 Å². The molecule has 0 saturated carbocycles. The minimum Gasteiger partial charge on any atom is -0.505 e. The van der Waals surface area contributed by atoms with Crippen LogP contribution in [0.15, 0.2) is 90.7 Å². The molecule has 4 amide bonds. The molecule has 13 nitrogen and oxygen atoms in total. The minimum absolute atomic E-state index is 0.0637. The largest absolute Gasteiger partial charge is 0.505 e. The monoisotopic (exact) mass is 719 g/mol. The van der Waals surface area contributed by atoms with E-state index in [0.717, 1.165) is 42.9 Å². The fraction of sp³-hybridized carbons (Fsp3) is 0.300. The van der Waals surface area contributed by atoms with E-state index in [2.05, 4.69) is 29.6 Å². The standard InChI is InChI=1S/C40H45N7O6/c1-4-6-19-45(20-7-5-2)40(53)32-21-26(3)47(44-32)33-18-17-30(23-31(33)39(52)46-25-28-14-12-11-13-27(28)22-36(46)50)43-38(51)37(41)34(48)24-35(49)42-29-15-9-8-10-16-29/h8-18,21,23-24,36,41,48,50H,4-7,19-20,22,25H2,1-3H3,(H,42,49)(H,43,51)/b34-24+,41-37?/t36-/m1/s1. The van der Waals surface area contributed by atoms with E-state index < -0.39 is 35.4 Å². The van der Waals surface area contributed by atoms with Crippen LogP contribution in [0.4, 0.5) is 11.4 Å². The van der Waals surface area contributed by atoms with Crippen LogP contribution in [-0.2, 0) is 22.6 Å². The number of hydrogen-bond acceptors (Lipinski definition) is 8. The maximum absolute atomic E-state index is 14.4. The number of nitrogens with one attached hydrogen (secondary N) is 3. The lowest BCUT2D eigenvalue weighted by molar-refractivity contribution is -0.112. The maximum Gasteiger partial charge on any atom is 0.277 e. The summed E-state index contributed by atoms with van der Waals surface area (Å²) in [5, 5.41) is 39.5. The third-order valence-corrected chi connectivity index (χ3v) is 8.94. The first kappa shape index (κ1) is 38.2. The van der Waals surface area contributed by atoms with Gasteiger partial charge in [-0.3, -0.25) is 24.6 Å². The summed E-state index contributed by atoms with van der Waals surface area (Å²) in [6, 6.07) is 22.1. The molecule has 2 heterocycles. The van der Waals surface area contributed by atoms with Crippen LogP contribution in [0.25, 0.3) is 5.69 Å².